The molecule has 1 aliphatic carbocycles. The molecule has 1 heterocycles. The highest BCUT2D eigenvalue weighted by Crippen LogP contribution is 2.60. The molecule has 1 amide bonds. The van der Waals surface area contributed by atoms with Crippen molar-refractivity contribution in [1.82, 2.24) is 4.90 Å². The molecule has 2 aliphatic rings. The summed E-state index contributed by atoms with van der Waals surface area (Å²) in [6, 6.07) is 0. The number of carbonyl (C=O) groups excluding carboxylic acids is 1. The molecule has 0 bridgehead atoms. The Morgan fingerprint density at radius 3 is 2.40 bits per heavy atom. The summed E-state index contributed by atoms with van der Waals surface area (Å²) in [7, 11) is 0. The van der Waals surface area contributed by atoms with Gasteiger partial charge in [-0.25, -0.2) is 4.79 Å². The van der Waals surface area contributed by atoms with Crippen molar-refractivity contribution in [3.8, 4) is 0 Å². The van der Waals surface area contributed by atoms with Crippen molar-refractivity contribution in [1.29, 1.82) is 0 Å². The van der Waals surface area contributed by atoms with Gasteiger partial charge < -0.3 is 20.5 Å². The quantitative estimate of drug-likeness (QED) is 0.762. The van der Waals surface area contributed by atoms with E-state index in [1.165, 1.54) is 0 Å². The van der Waals surface area contributed by atoms with Gasteiger partial charge in [-0.1, -0.05) is 0 Å². The number of nitrogens with two attached hydrogens (primary N) is 1. The lowest BCUT2D eigenvalue weighted by Crippen LogP contribution is -2.40. The minimum absolute atomic E-state index is 0.326. The number of amides is 1. The number of hydrogen-bond acceptors (Lipinski definition) is 4. The number of carboxylic acid groups (broad SMARTS) is 1. The molecule has 20 heavy (non-hydrogen) atoms. The first kappa shape index (κ1) is 15.1. The normalized spacial score (nSPS) is 33.7. The van der Waals surface area contributed by atoms with Gasteiger partial charge in [0.15, 0.2) is 0 Å². The van der Waals surface area contributed by atoms with Gasteiger partial charge in [0.25, 0.3) is 0 Å². The van der Waals surface area contributed by atoms with Gasteiger partial charge >= 0.3 is 12.1 Å². The Labute approximate surface area is 119 Å². The summed E-state index contributed by atoms with van der Waals surface area (Å²) in [6.45, 7) is 6.62. The predicted octanol–water partition coefficient (Wildman–Crippen LogP) is 1.58. The Balaban J connectivity index is 1.98. The summed E-state index contributed by atoms with van der Waals surface area (Å²) in [5.41, 5.74) is 4.01. The third kappa shape index (κ3) is 2.61. The molecule has 0 aromatic carbocycles. The molecule has 3 N–H and O–H groups in total. The fourth-order valence-corrected chi connectivity index (χ4v) is 3.12. The summed E-state index contributed by atoms with van der Waals surface area (Å²) >= 11 is 0. The van der Waals surface area contributed by atoms with E-state index in [9.17, 15) is 14.7 Å². The van der Waals surface area contributed by atoms with Gasteiger partial charge in [0.05, 0.1) is 0 Å². The molecule has 1 saturated carbocycles. The molecule has 1 saturated heterocycles. The van der Waals surface area contributed by atoms with Gasteiger partial charge in [-0.3, -0.25) is 4.79 Å². The third-order valence-corrected chi connectivity index (χ3v) is 4.42. The van der Waals surface area contributed by atoms with E-state index >= 15 is 0 Å². The summed E-state index contributed by atoms with van der Waals surface area (Å²) in [5.74, 6) is -0.928. The first-order chi connectivity index (χ1) is 9.10. The van der Waals surface area contributed by atoms with E-state index in [2.05, 4.69) is 0 Å². The topological polar surface area (TPSA) is 92.9 Å². The summed E-state index contributed by atoms with van der Waals surface area (Å²) in [4.78, 5) is 25.0. The van der Waals surface area contributed by atoms with Gasteiger partial charge in [-0.2, -0.15) is 0 Å². The standard InChI is InChI=1S/C14H24N2O4/c1-12(2,3)20-11(19)16-7-4-5-13(6-8-16)9-14(13,15)10(17)18/h4-9,15H2,1-3H3,(H,17,18). The van der Waals surface area contributed by atoms with Gasteiger partial charge in [-0.05, 0) is 46.5 Å². The number of aliphatic carboxylic acids is 1. The highest BCUT2D eigenvalue weighted by atomic mass is 16.6. The van der Waals surface area contributed by atoms with E-state index in [0.717, 1.165) is 12.8 Å². The first-order valence-corrected chi connectivity index (χ1v) is 7.10. The largest absolute Gasteiger partial charge is 0.480 e. The average Bonchev–Trinajstić information content (AvgIpc) is 2.94. The predicted molar refractivity (Wildman–Crippen MR) is 73.3 cm³/mol. The molecule has 1 aliphatic heterocycles. The maximum absolute atomic E-state index is 12.0. The van der Waals surface area contributed by atoms with Crippen LogP contribution in [0.15, 0.2) is 0 Å². The van der Waals surface area contributed by atoms with Crippen molar-refractivity contribution in [3.63, 3.8) is 0 Å². The fraction of sp³-hybridized carbons (Fsp3) is 0.857. The van der Waals surface area contributed by atoms with Gasteiger partial charge in [0.1, 0.15) is 11.1 Å². The van der Waals surface area contributed by atoms with Crippen molar-refractivity contribution in [2.45, 2.75) is 57.6 Å². The minimum Gasteiger partial charge on any atom is -0.480 e. The molecule has 2 atom stereocenters. The molecule has 114 valence electrons. The Morgan fingerprint density at radius 1 is 1.25 bits per heavy atom. The zero-order valence-corrected chi connectivity index (χ0v) is 12.4. The van der Waals surface area contributed by atoms with Gasteiger partial charge in [0.2, 0.25) is 0 Å². The maximum Gasteiger partial charge on any atom is 0.410 e. The van der Waals surface area contributed by atoms with E-state index < -0.39 is 17.1 Å². The van der Waals surface area contributed by atoms with Crippen LogP contribution in [-0.2, 0) is 9.53 Å². The number of carbonyl (C=O) groups is 2. The summed E-state index contributed by atoms with van der Waals surface area (Å²) < 4.78 is 5.36. The van der Waals surface area contributed by atoms with E-state index in [1.807, 2.05) is 20.8 Å². The van der Waals surface area contributed by atoms with Crippen molar-refractivity contribution >= 4 is 12.1 Å². The molecule has 0 radical (unpaired) electrons. The minimum atomic E-state index is -1.10. The second-order valence-electron chi connectivity index (χ2n) is 7.05. The van der Waals surface area contributed by atoms with Crippen molar-refractivity contribution in [2.24, 2.45) is 11.1 Å². The van der Waals surface area contributed by atoms with Gasteiger partial charge in [0, 0.05) is 18.5 Å². The number of carboxylic acids is 1. The lowest BCUT2D eigenvalue weighted by atomic mass is 9.91. The van der Waals surface area contributed by atoms with Crippen molar-refractivity contribution < 1.29 is 19.4 Å². The van der Waals surface area contributed by atoms with E-state index in [0.29, 0.717) is 25.9 Å². The molecule has 6 nitrogen and oxygen atoms in total. The molecule has 2 unspecified atom stereocenters. The molecular weight excluding hydrogens is 260 g/mol. The zero-order chi connectivity index (χ0) is 15.2. The second kappa shape index (κ2) is 4.62. The van der Waals surface area contributed by atoms with Crippen LogP contribution in [0.1, 0.15) is 46.5 Å². The van der Waals surface area contributed by atoms with Crippen molar-refractivity contribution in [3.05, 3.63) is 0 Å². The Bertz CT molecular complexity index is 431. The monoisotopic (exact) mass is 284 g/mol. The molecule has 6 heteroatoms. The molecule has 2 rings (SSSR count). The Kier molecular flexibility index (Phi) is 3.48. The van der Waals surface area contributed by atoms with Crippen LogP contribution in [0.5, 0.6) is 0 Å². The molecule has 2 fully saturated rings. The van der Waals surface area contributed by atoms with Crippen LogP contribution in [0.3, 0.4) is 0 Å². The Hall–Kier alpha value is -1.30. The highest BCUT2D eigenvalue weighted by molar-refractivity contribution is 5.84. The lowest BCUT2D eigenvalue weighted by molar-refractivity contribution is -0.140. The SMILES string of the molecule is CC(C)(C)OC(=O)N1CCCC2(CC1)CC2(N)C(=O)O. The first-order valence-electron chi connectivity index (χ1n) is 7.10. The van der Waals surface area contributed by atoms with Crippen LogP contribution < -0.4 is 5.73 Å². The average molecular weight is 284 g/mol. The zero-order valence-electron chi connectivity index (χ0n) is 12.4. The summed E-state index contributed by atoms with van der Waals surface area (Å²) in [5, 5.41) is 9.22. The lowest BCUT2D eigenvalue weighted by Gasteiger charge is -2.26. The van der Waals surface area contributed by atoms with Crippen LogP contribution in [0, 0.1) is 5.41 Å². The highest BCUT2D eigenvalue weighted by Gasteiger charge is 2.69. The molecular formula is C14H24N2O4. The van der Waals surface area contributed by atoms with E-state index in [-0.39, 0.29) is 11.5 Å². The third-order valence-electron chi connectivity index (χ3n) is 4.42. The number of rotatable bonds is 1. The molecule has 0 aromatic rings. The number of ether oxygens (including phenoxy) is 1. The molecule has 0 aromatic heterocycles. The molecule has 1 spiro atoms. The Morgan fingerprint density at radius 2 is 1.90 bits per heavy atom. The fourth-order valence-electron chi connectivity index (χ4n) is 3.12. The van der Waals surface area contributed by atoms with Crippen LogP contribution in [0.4, 0.5) is 4.79 Å². The van der Waals surface area contributed by atoms with E-state index in [1.54, 1.807) is 4.90 Å². The summed E-state index contributed by atoms with van der Waals surface area (Å²) in [6.07, 6.45) is 2.35. The van der Waals surface area contributed by atoms with Crippen LogP contribution >= 0.6 is 0 Å². The van der Waals surface area contributed by atoms with Gasteiger partial charge in [-0.15, -0.1) is 0 Å². The van der Waals surface area contributed by atoms with Crippen LogP contribution in [0.25, 0.3) is 0 Å². The number of nitrogens with zero attached hydrogens (tertiary/aromatic N) is 1. The van der Waals surface area contributed by atoms with Crippen LogP contribution in [-0.4, -0.2) is 46.3 Å². The van der Waals surface area contributed by atoms with Crippen molar-refractivity contribution in [2.75, 3.05) is 13.1 Å². The van der Waals surface area contributed by atoms with Crippen LogP contribution in [0.2, 0.25) is 0 Å². The maximum atomic E-state index is 12.0. The number of hydrogen-bond donors (Lipinski definition) is 2. The van der Waals surface area contributed by atoms with E-state index in [4.69, 9.17) is 10.5 Å². The second-order valence-corrected chi connectivity index (χ2v) is 7.05. The number of likely N-dealkylation sites (tertiary alicyclic amines) is 1. The smallest absolute Gasteiger partial charge is 0.410 e.